The Bertz CT molecular complexity index is 845. The lowest BCUT2D eigenvalue weighted by molar-refractivity contribution is -0.384. The number of amides is 1. The van der Waals surface area contributed by atoms with E-state index in [1.165, 1.54) is 24.3 Å². The molecule has 0 aliphatic heterocycles. The smallest absolute Gasteiger partial charge is 0.322 e. The Morgan fingerprint density at radius 1 is 1.09 bits per heavy atom. The molecule has 9 heteroatoms. The molecule has 0 aliphatic carbocycles. The van der Waals surface area contributed by atoms with Gasteiger partial charge in [-0.05, 0) is 24.3 Å². The van der Waals surface area contributed by atoms with E-state index < -0.39 is 10.8 Å². The van der Waals surface area contributed by atoms with E-state index >= 15 is 0 Å². The quantitative estimate of drug-likeness (QED) is 0.579. The highest BCUT2D eigenvalue weighted by Gasteiger charge is 2.14. The zero-order valence-corrected chi connectivity index (χ0v) is 11.5. The number of rotatable bonds is 4. The van der Waals surface area contributed by atoms with Gasteiger partial charge in [0.05, 0.1) is 4.92 Å². The number of anilines is 1. The van der Waals surface area contributed by atoms with E-state index in [0.29, 0.717) is 5.56 Å². The second-order valence-electron chi connectivity index (χ2n) is 4.41. The highest BCUT2D eigenvalue weighted by atomic mass is 16.6. The van der Waals surface area contributed by atoms with Crippen LogP contribution in [0.25, 0.3) is 11.5 Å². The van der Waals surface area contributed by atoms with Crippen LogP contribution in [-0.2, 0) is 0 Å². The molecule has 1 amide bonds. The summed E-state index contributed by atoms with van der Waals surface area (Å²) in [7, 11) is 0. The van der Waals surface area contributed by atoms with Crippen LogP contribution in [-0.4, -0.2) is 26.0 Å². The number of carbonyl (C=O) groups excluding carboxylic acids is 1. The summed E-state index contributed by atoms with van der Waals surface area (Å²) in [5, 5.41) is 20.6. The van der Waals surface area contributed by atoms with Crippen molar-refractivity contribution in [3.8, 4) is 11.5 Å². The van der Waals surface area contributed by atoms with Crippen molar-refractivity contribution in [2.75, 3.05) is 5.32 Å². The van der Waals surface area contributed by atoms with Crippen molar-refractivity contribution < 1.29 is 14.1 Å². The Morgan fingerprint density at radius 2 is 1.78 bits per heavy atom. The fraction of sp³-hybridized carbons (Fsp3) is 0. The number of nitrogens with one attached hydrogen (secondary N) is 1. The molecule has 114 valence electrons. The minimum Gasteiger partial charge on any atom is -0.403 e. The molecular weight excluding hydrogens is 302 g/mol. The van der Waals surface area contributed by atoms with Crippen molar-refractivity contribution in [1.82, 2.24) is 15.2 Å². The number of nitrogens with zero attached hydrogens (tertiary/aromatic N) is 4. The highest BCUT2D eigenvalue weighted by molar-refractivity contribution is 6.03. The Morgan fingerprint density at radius 3 is 2.43 bits per heavy atom. The summed E-state index contributed by atoms with van der Waals surface area (Å²) in [6, 6.07) is 8.47. The van der Waals surface area contributed by atoms with Crippen LogP contribution in [0.2, 0.25) is 0 Å². The highest BCUT2D eigenvalue weighted by Crippen LogP contribution is 2.19. The topological polar surface area (TPSA) is 124 Å². The fourth-order valence-electron chi connectivity index (χ4n) is 1.79. The third kappa shape index (κ3) is 3.18. The van der Waals surface area contributed by atoms with Crippen LogP contribution >= 0.6 is 0 Å². The molecule has 0 radical (unpaired) electrons. The largest absolute Gasteiger partial charge is 0.403 e. The van der Waals surface area contributed by atoms with E-state index in [9.17, 15) is 14.9 Å². The van der Waals surface area contributed by atoms with Crippen LogP contribution in [0.15, 0.2) is 53.2 Å². The van der Waals surface area contributed by atoms with E-state index in [-0.39, 0.29) is 23.2 Å². The van der Waals surface area contributed by atoms with Gasteiger partial charge in [-0.2, -0.15) is 0 Å². The summed E-state index contributed by atoms with van der Waals surface area (Å²) in [5.74, 6) is -0.267. The molecule has 0 unspecified atom stereocenters. The van der Waals surface area contributed by atoms with Crippen molar-refractivity contribution in [2.45, 2.75) is 0 Å². The monoisotopic (exact) mass is 311 g/mol. The lowest BCUT2D eigenvalue weighted by Crippen LogP contribution is -2.12. The Kier molecular flexibility index (Phi) is 3.75. The normalized spacial score (nSPS) is 10.3. The van der Waals surface area contributed by atoms with Crippen LogP contribution in [0, 0.1) is 10.1 Å². The SMILES string of the molecule is O=C(Nc1nnc(-c2ccncc2)o1)c1ccc([N+](=O)[O-])cc1. The number of hydrogen-bond acceptors (Lipinski definition) is 7. The first kappa shape index (κ1) is 14.3. The molecule has 3 aromatic rings. The Balaban J connectivity index is 1.73. The minimum absolute atomic E-state index is 0.0693. The number of aromatic nitrogens is 3. The van der Waals surface area contributed by atoms with Crippen LogP contribution in [0.1, 0.15) is 10.4 Å². The second kappa shape index (κ2) is 6.02. The zero-order valence-electron chi connectivity index (χ0n) is 11.5. The third-order valence-corrected chi connectivity index (χ3v) is 2.91. The van der Waals surface area contributed by atoms with Gasteiger partial charge in [-0.25, -0.2) is 0 Å². The second-order valence-corrected chi connectivity index (χ2v) is 4.41. The number of non-ortho nitro benzene ring substituents is 1. The minimum atomic E-state index is -0.541. The molecule has 9 nitrogen and oxygen atoms in total. The van der Waals surface area contributed by atoms with E-state index in [2.05, 4.69) is 20.5 Å². The van der Waals surface area contributed by atoms with Gasteiger partial charge < -0.3 is 4.42 Å². The van der Waals surface area contributed by atoms with Gasteiger partial charge in [-0.15, -0.1) is 5.10 Å². The van der Waals surface area contributed by atoms with Gasteiger partial charge in [-0.1, -0.05) is 5.10 Å². The van der Waals surface area contributed by atoms with Gasteiger partial charge in [0.25, 0.3) is 11.6 Å². The van der Waals surface area contributed by atoms with Crippen molar-refractivity contribution in [2.24, 2.45) is 0 Å². The predicted octanol–water partition coefficient (Wildman–Crippen LogP) is 2.29. The molecule has 0 fully saturated rings. The van der Waals surface area contributed by atoms with Crippen molar-refractivity contribution in [3.05, 3.63) is 64.5 Å². The van der Waals surface area contributed by atoms with Gasteiger partial charge >= 0.3 is 6.01 Å². The number of nitro groups is 1. The average Bonchev–Trinajstić information content (AvgIpc) is 3.04. The van der Waals surface area contributed by atoms with E-state index in [1.54, 1.807) is 24.5 Å². The molecule has 0 saturated carbocycles. The standard InChI is InChI=1S/C14H9N5O4/c20-12(9-1-3-11(4-2-9)19(21)22)16-14-18-17-13(23-14)10-5-7-15-8-6-10/h1-8H,(H,16,18,20). The van der Waals surface area contributed by atoms with Crippen LogP contribution in [0.4, 0.5) is 11.7 Å². The molecule has 23 heavy (non-hydrogen) atoms. The first-order chi connectivity index (χ1) is 11.1. The van der Waals surface area contributed by atoms with Gasteiger partial charge in [0.2, 0.25) is 5.89 Å². The van der Waals surface area contributed by atoms with Crippen molar-refractivity contribution in [3.63, 3.8) is 0 Å². The lowest BCUT2D eigenvalue weighted by atomic mass is 10.2. The van der Waals surface area contributed by atoms with Crippen molar-refractivity contribution in [1.29, 1.82) is 0 Å². The summed E-state index contributed by atoms with van der Waals surface area (Å²) < 4.78 is 5.33. The molecule has 0 saturated heterocycles. The molecule has 0 spiro atoms. The number of pyridine rings is 1. The molecule has 0 atom stereocenters. The fourth-order valence-corrected chi connectivity index (χ4v) is 1.79. The maximum atomic E-state index is 12.0. The number of carbonyl (C=O) groups is 1. The third-order valence-electron chi connectivity index (χ3n) is 2.91. The maximum Gasteiger partial charge on any atom is 0.322 e. The summed E-state index contributed by atoms with van der Waals surface area (Å²) in [6.07, 6.45) is 3.16. The molecule has 3 rings (SSSR count). The number of hydrogen-bond donors (Lipinski definition) is 1. The summed E-state index contributed by atoms with van der Waals surface area (Å²) in [6.45, 7) is 0. The van der Waals surface area contributed by atoms with Gasteiger partial charge in [0, 0.05) is 35.7 Å². The van der Waals surface area contributed by atoms with Gasteiger partial charge in [0.1, 0.15) is 0 Å². The Labute approximate surface area is 129 Å². The molecule has 2 heterocycles. The van der Waals surface area contributed by atoms with Gasteiger partial charge in [0.15, 0.2) is 0 Å². The molecular formula is C14H9N5O4. The van der Waals surface area contributed by atoms with Crippen molar-refractivity contribution >= 4 is 17.6 Å². The zero-order chi connectivity index (χ0) is 16.2. The molecule has 1 N–H and O–H groups in total. The van der Waals surface area contributed by atoms with Crippen LogP contribution in [0.3, 0.4) is 0 Å². The predicted molar refractivity (Wildman–Crippen MR) is 78.6 cm³/mol. The Hall–Kier alpha value is -3.62. The summed E-state index contributed by atoms with van der Waals surface area (Å²) >= 11 is 0. The van der Waals surface area contributed by atoms with E-state index in [1.807, 2.05) is 0 Å². The summed E-state index contributed by atoms with van der Waals surface area (Å²) in [5.41, 5.74) is 0.807. The molecule has 2 aromatic heterocycles. The van der Waals surface area contributed by atoms with E-state index in [4.69, 9.17) is 4.42 Å². The number of nitro benzene ring substituents is 1. The van der Waals surface area contributed by atoms with E-state index in [0.717, 1.165) is 0 Å². The van der Waals surface area contributed by atoms with Crippen LogP contribution < -0.4 is 5.32 Å². The lowest BCUT2D eigenvalue weighted by Gasteiger charge is -2.00. The molecule has 0 aliphatic rings. The summed E-state index contributed by atoms with van der Waals surface area (Å²) in [4.78, 5) is 25.9. The maximum absolute atomic E-state index is 12.0. The molecule has 1 aromatic carbocycles. The van der Waals surface area contributed by atoms with Crippen LogP contribution in [0.5, 0.6) is 0 Å². The average molecular weight is 311 g/mol. The van der Waals surface area contributed by atoms with Gasteiger partial charge in [-0.3, -0.25) is 25.2 Å². The number of benzene rings is 1. The first-order valence-corrected chi connectivity index (χ1v) is 6.43. The molecule has 0 bridgehead atoms. The first-order valence-electron chi connectivity index (χ1n) is 6.43.